The number of carbonyl (C=O) groups is 1. The van der Waals surface area contributed by atoms with E-state index in [0.29, 0.717) is 0 Å². The van der Waals surface area contributed by atoms with E-state index in [0.717, 1.165) is 23.8 Å². The Morgan fingerprint density at radius 3 is 1.96 bits per heavy atom. The molecule has 0 spiro atoms. The van der Waals surface area contributed by atoms with Crippen LogP contribution in [0.5, 0.6) is 0 Å². The standard InChI is InChI=1S/C19H15BN2O/c21-14-17(19(23)13-20-22)11-12-18(15-7-3-1-4-8-15)16-9-5-2-6-10-16/h1-12,22H,13H2/b17-11+. The third kappa shape index (κ3) is 4.45. The second-order valence-electron chi connectivity index (χ2n) is 4.84. The van der Waals surface area contributed by atoms with E-state index < -0.39 is 0 Å². The molecule has 0 unspecified atom stereocenters. The summed E-state index contributed by atoms with van der Waals surface area (Å²) in [5.74, 6) is -0.348. The van der Waals surface area contributed by atoms with Gasteiger partial charge in [-0.25, -0.2) is 0 Å². The molecule has 0 aromatic heterocycles. The van der Waals surface area contributed by atoms with Gasteiger partial charge in [-0.3, -0.25) is 0 Å². The van der Waals surface area contributed by atoms with Gasteiger partial charge in [-0.05, 0) is 0 Å². The Kier molecular flexibility index (Phi) is 5.96. The number of carbonyl (C=O) groups excluding carboxylic acids is 1. The zero-order valence-corrected chi connectivity index (χ0v) is 12.6. The van der Waals surface area contributed by atoms with E-state index >= 15 is 0 Å². The molecule has 2 aromatic carbocycles. The van der Waals surface area contributed by atoms with Gasteiger partial charge in [0, 0.05) is 0 Å². The van der Waals surface area contributed by atoms with Crippen LogP contribution in [-0.2, 0) is 4.79 Å². The van der Waals surface area contributed by atoms with Gasteiger partial charge < -0.3 is 0 Å². The summed E-state index contributed by atoms with van der Waals surface area (Å²) in [6.07, 6.45) is 3.26. The van der Waals surface area contributed by atoms with Crippen molar-refractivity contribution in [2.45, 2.75) is 6.32 Å². The van der Waals surface area contributed by atoms with Crippen molar-refractivity contribution in [2.75, 3.05) is 0 Å². The average molecular weight is 298 g/mol. The Hall–Kier alpha value is -3.06. The number of allylic oxidation sites excluding steroid dienone is 3. The normalized spacial score (nSPS) is 10.3. The van der Waals surface area contributed by atoms with Crippen LogP contribution in [0.25, 0.3) is 5.57 Å². The molecule has 0 radical (unpaired) electrons. The zero-order chi connectivity index (χ0) is 16.5. The molecule has 2 aromatic rings. The Morgan fingerprint density at radius 2 is 1.52 bits per heavy atom. The maximum absolute atomic E-state index is 11.8. The summed E-state index contributed by atoms with van der Waals surface area (Å²) in [6.45, 7) is 0. The van der Waals surface area contributed by atoms with Gasteiger partial charge in [0.2, 0.25) is 0 Å². The molecule has 0 saturated carbocycles. The second kappa shape index (κ2) is 8.40. The molecular weight excluding hydrogens is 283 g/mol. The van der Waals surface area contributed by atoms with Crippen LogP contribution in [-0.4, -0.2) is 12.9 Å². The van der Waals surface area contributed by atoms with Gasteiger partial charge in [0.15, 0.2) is 0 Å². The van der Waals surface area contributed by atoms with E-state index in [1.807, 2.05) is 66.7 Å². The van der Waals surface area contributed by atoms with Crippen LogP contribution >= 0.6 is 0 Å². The van der Waals surface area contributed by atoms with E-state index in [1.54, 1.807) is 6.08 Å². The summed E-state index contributed by atoms with van der Waals surface area (Å²) in [5, 5.41) is 16.1. The van der Waals surface area contributed by atoms with Crippen LogP contribution in [0.2, 0.25) is 6.32 Å². The summed E-state index contributed by atoms with van der Waals surface area (Å²) in [6, 6.07) is 21.5. The Morgan fingerprint density at radius 1 is 1.00 bits per heavy atom. The number of hydrogen-bond acceptors (Lipinski definition) is 3. The molecule has 0 saturated heterocycles. The first-order valence-electron chi connectivity index (χ1n) is 7.21. The van der Waals surface area contributed by atoms with Crippen molar-refractivity contribution in [3.05, 3.63) is 89.5 Å². The molecule has 0 heterocycles. The Balaban J connectivity index is 2.48. The molecule has 0 atom stereocenters. The Labute approximate surface area is 136 Å². The monoisotopic (exact) mass is 298 g/mol. The molecule has 0 aliphatic carbocycles. The fourth-order valence-corrected chi connectivity index (χ4v) is 2.16. The van der Waals surface area contributed by atoms with Gasteiger partial charge in [-0.15, -0.1) is 0 Å². The molecule has 4 heteroatoms. The van der Waals surface area contributed by atoms with Gasteiger partial charge in [-0.1, -0.05) is 0 Å². The average Bonchev–Trinajstić information content (AvgIpc) is 2.60. The van der Waals surface area contributed by atoms with E-state index in [-0.39, 0.29) is 17.7 Å². The molecule has 110 valence electrons. The zero-order valence-electron chi connectivity index (χ0n) is 12.6. The second-order valence-corrected chi connectivity index (χ2v) is 4.84. The van der Waals surface area contributed by atoms with E-state index in [1.165, 1.54) is 6.08 Å². The molecular formula is C19H15BN2O. The van der Waals surface area contributed by atoms with Crippen molar-refractivity contribution in [1.29, 1.82) is 10.6 Å². The van der Waals surface area contributed by atoms with Crippen molar-refractivity contribution < 1.29 is 4.79 Å². The first-order chi connectivity index (χ1) is 11.3. The molecule has 1 N–H and O–H groups in total. The SMILES string of the molecule is N#C/C(=C\C=C(c1ccccc1)c1ccccc1)C(=O)CB=N. The number of rotatable bonds is 6. The fourth-order valence-electron chi connectivity index (χ4n) is 2.16. The van der Waals surface area contributed by atoms with E-state index in [2.05, 4.69) is 0 Å². The van der Waals surface area contributed by atoms with E-state index in [4.69, 9.17) is 10.6 Å². The summed E-state index contributed by atoms with van der Waals surface area (Å²) in [5.41, 5.74) is 3.00. The third-order valence-electron chi connectivity index (χ3n) is 3.29. The molecule has 0 amide bonds. The summed E-state index contributed by atoms with van der Waals surface area (Å²) < 4.78 is 0. The minimum absolute atomic E-state index is 0.0536. The van der Waals surface area contributed by atoms with Crippen molar-refractivity contribution in [1.82, 2.24) is 0 Å². The van der Waals surface area contributed by atoms with Crippen LogP contribution in [0.1, 0.15) is 11.1 Å². The predicted octanol–water partition coefficient (Wildman–Crippen LogP) is 4.02. The van der Waals surface area contributed by atoms with Crippen molar-refractivity contribution in [3.63, 3.8) is 0 Å². The molecule has 23 heavy (non-hydrogen) atoms. The maximum atomic E-state index is 11.8. The quantitative estimate of drug-likeness (QED) is 0.379. The number of hydrogen-bond donors (Lipinski definition) is 1. The molecule has 0 aliphatic heterocycles. The van der Waals surface area contributed by atoms with Crippen LogP contribution in [0.3, 0.4) is 0 Å². The third-order valence-corrected chi connectivity index (χ3v) is 3.29. The first-order valence-corrected chi connectivity index (χ1v) is 7.21. The number of nitrogens with one attached hydrogen (secondary N) is 1. The number of ketones is 1. The molecule has 3 nitrogen and oxygen atoms in total. The fraction of sp³-hybridized carbons (Fsp3) is 0.0526. The number of nitriles is 1. The topological polar surface area (TPSA) is 64.7 Å². The predicted molar refractivity (Wildman–Crippen MR) is 91.9 cm³/mol. The van der Waals surface area contributed by atoms with Crippen molar-refractivity contribution in [3.8, 4) is 6.07 Å². The van der Waals surface area contributed by atoms with Crippen LogP contribution in [0.4, 0.5) is 0 Å². The van der Waals surface area contributed by atoms with Gasteiger partial charge in [0.1, 0.15) is 0 Å². The number of Topliss-reactive ketones (excluding diaryl/α,β-unsaturated/α-hetero) is 1. The van der Waals surface area contributed by atoms with Crippen molar-refractivity contribution >= 4 is 18.4 Å². The van der Waals surface area contributed by atoms with Crippen molar-refractivity contribution in [2.24, 2.45) is 0 Å². The van der Waals surface area contributed by atoms with Crippen LogP contribution in [0.15, 0.2) is 78.4 Å². The molecule has 0 bridgehead atoms. The van der Waals surface area contributed by atoms with E-state index in [9.17, 15) is 4.79 Å². The molecule has 2 rings (SSSR count). The number of benzene rings is 2. The minimum atomic E-state index is -0.348. The Bertz CT molecular complexity index is 746. The van der Waals surface area contributed by atoms with Gasteiger partial charge >= 0.3 is 136 Å². The summed E-state index contributed by atoms with van der Waals surface area (Å²) in [7, 11) is 1.01. The summed E-state index contributed by atoms with van der Waals surface area (Å²) >= 11 is 0. The van der Waals surface area contributed by atoms with Gasteiger partial charge in [0.25, 0.3) is 0 Å². The van der Waals surface area contributed by atoms with Crippen LogP contribution in [0, 0.1) is 16.6 Å². The van der Waals surface area contributed by atoms with Gasteiger partial charge in [-0.2, -0.15) is 0 Å². The first kappa shape index (κ1) is 16.3. The molecule has 0 fully saturated rings. The van der Waals surface area contributed by atoms with Gasteiger partial charge in [0.05, 0.1) is 0 Å². The molecule has 0 aliphatic rings. The summed E-state index contributed by atoms with van der Waals surface area (Å²) in [4.78, 5) is 11.8. The number of nitrogens with zero attached hydrogens (tertiary/aromatic N) is 1. The van der Waals surface area contributed by atoms with Crippen LogP contribution < -0.4 is 0 Å².